The van der Waals surface area contributed by atoms with Crippen molar-refractivity contribution in [1.29, 1.82) is 0 Å². The Morgan fingerprint density at radius 2 is 1.90 bits per heavy atom. The zero-order valence-electron chi connectivity index (χ0n) is 12.3. The summed E-state index contributed by atoms with van der Waals surface area (Å²) in [4.78, 5) is 12.6. The molecule has 0 aromatic heterocycles. The molecule has 118 valence electrons. The number of aryl methyl sites for hydroxylation is 1. The van der Waals surface area contributed by atoms with Crippen LogP contribution in [0.15, 0.2) is 18.2 Å². The van der Waals surface area contributed by atoms with E-state index < -0.39 is 12.0 Å². The van der Waals surface area contributed by atoms with E-state index in [1.54, 1.807) is 0 Å². The molecule has 0 aliphatic rings. The van der Waals surface area contributed by atoms with Crippen molar-refractivity contribution in [2.24, 2.45) is 5.73 Å². The van der Waals surface area contributed by atoms with Crippen molar-refractivity contribution in [3.63, 3.8) is 0 Å². The van der Waals surface area contributed by atoms with Crippen LogP contribution in [0.1, 0.15) is 17.5 Å². The molecule has 1 aromatic rings. The molecule has 1 aromatic carbocycles. The van der Waals surface area contributed by atoms with Gasteiger partial charge in [0.1, 0.15) is 0 Å². The second kappa shape index (κ2) is 8.61. The van der Waals surface area contributed by atoms with Crippen LogP contribution in [0.3, 0.4) is 0 Å². The topological polar surface area (TPSA) is 107 Å². The fraction of sp³-hybridized carbons (Fsp3) is 0.533. The first-order chi connectivity index (χ1) is 9.97. The molecule has 0 radical (unpaired) electrons. The Kier molecular flexibility index (Phi) is 7.14. The smallest absolute Gasteiger partial charge is 0.304 e. The molecule has 5 N–H and O–H groups in total. The summed E-state index contributed by atoms with van der Waals surface area (Å²) in [6.07, 6.45) is 0.415. The maximum atomic E-state index is 10.7. The van der Waals surface area contributed by atoms with Crippen LogP contribution in [-0.2, 0) is 11.2 Å². The summed E-state index contributed by atoms with van der Waals surface area (Å²) in [5, 5.41) is 26.9. The number of carboxylic acid groups (broad SMARTS) is 1. The molecule has 0 heterocycles. The van der Waals surface area contributed by atoms with Gasteiger partial charge < -0.3 is 26.0 Å². The van der Waals surface area contributed by atoms with E-state index in [9.17, 15) is 4.79 Å². The van der Waals surface area contributed by atoms with Crippen LogP contribution in [0.2, 0.25) is 0 Å². The number of nitrogens with zero attached hydrogens (tertiary/aromatic N) is 1. The molecule has 0 spiro atoms. The highest BCUT2D eigenvalue weighted by Gasteiger charge is 2.13. The molecule has 21 heavy (non-hydrogen) atoms. The molecule has 0 aliphatic carbocycles. The van der Waals surface area contributed by atoms with Crippen molar-refractivity contribution >= 4 is 11.7 Å². The van der Waals surface area contributed by atoms with E-state index >= 15 is 0 Å². The van der Waals surface area contributed by atoms with Crippen LogP contribution < -0.4 is 10.6 Å². The van der Waals surface area contributed by atoms with E-state index in [0.29, 0.717) is 19.5 Å². The third-order valence-corrected chi connectivity index (χ3v) is 3.36. The minimum Gasteiger partial charge on any atom is -0.481 e. The Morgan fingerprint density at radius 3 is 2.43 bits per heavy atom. The molecular formula is C15H24N2O4. The molecule has 6 nitrogen and oxygen atoms in total. The van der Waals surface area contributed by atoms with Gasteiger partial charge >= 0.3 is 5.97 Å². The van der Waals surface area contributed by atoms with E-state index in [-0.39, 0.29) is 19.6 Å². The molecule has 0 saturated carbocycles. The van der Waals surface area contributed by atoms with Crippen molar-refractivity contribution < 1.29 is 20.1 Å². The number of nitrogens with two attached hydrogens (primary N) is 1. The highest BCUT2D eigenvalue weighted by molar-refractivity contribution is 5.67. The normalized spacial score (nSPS) is 12.2. The SMILES string of the molecule is Cc1ccc(N(CCO)CCO)cc1CC(N)CC(=O)O. The lowest BCUT2D eigenvalue weighted by molar-refractivity contribution is -0.137. The minimum absolute atomic E-state index is 0.00172. The standard InChI is InChI=1S/C15H24N2O4/c1-11-2-3-14(17(4-6-18)5-7-19)9-12(11)8-13(16)10-15(20)21/h2-3,9,13,18-19H,4-8,10,16H2,1H3,(H,20,21). The number of carbonyl (C=O) groups is 1. The Balaban J connectivity index is 2.89. The number of benzene rings is 1. The molecule has 0 aliphatic heterocycles. The third-order valence-electron chi connectivity index (χ3n) is 3.36. The number of aliphatic carboxylic acids is 1. The van der Waals surface area contributed by atoms with Crippen molar-refractivity contribution in [2.75, 3.05) is 31.2 Å². The second-order valence-corrected chi connectivity index (χ2v) is 5.11. The van der Waals surface area contributed by atoms with Crippen LogP contribution in [0.25, 0.3) is 0 Å². The number of aliphatic hydroxyl groups excluding tert-OH is 2. The Hall–Kier alpha value is -1.63. The summed E-state index contributed by atoms with van der Waals surface area (Å²) in [7, 11) is 0. The lowest BCUT2D eigenvalue weighted by atomic mass is 9.99. The zero-order chi connectivity index (χ0) is 15.8. The average Bonchev–Trinajstić information content (AvgIpc) is 2.40. The Bertz CT molecular complexity index is 459. The second-order valence-electron chi connectivity index (χ2n) is 5.11. The van der Waals surface area contributed by atoms with Crippen molar-refractivity contribution in [3.05, 3.63) is 29.3 Å². The minimum atomic E-state index is -0.904. The number of hydrogen-bond acceptors (Lipinski definition) is 5. The number of carboxylic acids is 1. The molecule has 1 atom stereocenters. The fourth-order valence-corrected chi connectivity index (χ4v) is 2.26. The molecule has 1 unspecified atom stereocenters. The number of anilines is 1. The number of aliphatic hydroxyl groups is 2. The van der Waals surface area contributed by atoms with E-state index in [1.807, 2.05) is 30.0 Å². The number of hydrogen-bond donors (Lipinski definition) is 4. The van der Waals surface area contributed by atoms with Gasteiger partial charge in [-0.15, -0.1) is 0 Å². The van der Waals surface area contributed by atoms with Gasteiger partial charge in [-0.2, -0.15) is 0 Å². The van der Waals surface area contributed by atoms with Gasteiger partial charge in [-0.25, -0.2) is 0 Å². The zero-order valence-corrected chi connectivity index (χ0v) is 12.3. The Morgan fingerprint density at radius 1 is 1.29 bits per heavy atom. The highest BCUT2D eigenvalue weighted by Crippen LogP contribution is 2.20. The Labute approximate surface area is 124 Å². The summed E-state index contributed by atoms with van der Waals surface area (Å²) in [6.45, 7) is 2.83. The van der Waals surface area contributed by atoms with Crippen molar-refractivity contribution in [3.8, 4) is 0 Å². The molecular weight excluding hydrogens is 272 g/mol. The predicted molar refractivity (Wildman–Crippen MR) is 81.5 cm³/mol. The van der Waals surface area contributed by atoms with Crippen LogP contribution in [0.5, 0.6) is 0 Å². The van der Waals surface area contributed by atoms with E-state index in [0.717, 1.165) is 16.8 Å². The van der Waals surface area contributed by atoms with Gasteiger partial charge in [0.05, 0.1) is 19.6 Å². The van der Waals surface area contributed by atoms with E-state index in [1.165, 1.54) is 0 Å². The summed E-state index contributed by atoms with van der Waals surface area (Å²) in [5.74, 6) is -0.904. The third kappa shape index (κ3) is 5.71. The van der Waals surface area contributed by atoms with Gasteiger partial charge in [0.15, 0.2) is 0 Å². The average molecular weight is 296 g/mol. The highest BCUT2D eigenvalue weighted by atomic mass is 16.4. The maximum Gasteiger partial charge on any atom is 0.304 e. The molecule has 0 saturated heterocycles. The first kappa shape index (κ1) is 17.4. The summed E-state index contributed by atoms with van der Waals surface area (Å²) in [6, 6.07) is 5.38. The maximum absolute atomic E-state index is 10.7. The van der Waals surface area contributed by atoms with Crippen LogP contribution in [0, 0.1) is 6.92 Å². The van der Waals surface area contributed by atoms with Gasteiger partial charge in [-0.3, -0.25) is 4.79 Å². The first-order valence-corrected chi connectivity index (χ1v) is 7.01. The van der Waals surface area contributed by atoms with Crippen molar-refractivity contribution in [2.45, 2.75) is 25.8 Å². The van der Waals surface area contributed by atoms with E-state index in [4.69, 9.17) is 21.1 Å². The van der Waals surface area contributed by atoms with Crippen LogP contribution >= 0.6 is 0 Å². The molecule has 0 amide bonds. The quantitative estimate of drug-likeness (QED) is 0.516. The van der Waals surface area contributed by atoms with Gasteiger partial charge in [-0.1, -0.05) is 6.07 Å². The van der Waals surface area contributed by atoms with Crippen LogP contribution in [-0.4, -0.2) is 53.6 Å². The largest absolute Gasteiger partial charge is 0.481 e. The van der Waals surface area contributed by atoms with Gasteiger partial charge in [0, 0.05) is 24.8 Å². The lowest BCUT2D eigenvalue weighted by Gasteiger charge is -2.24. The van der Waals surface area contributed by atoms with Gasteiger partial charge in [0.25, 0.3) is 0 Å². The molecule has 6 heteroatoms. The van der Waals surface area contributed by atoms with E-state index in [2.05, 4.69) is 0 Å². The molecule has 0 bridgehead atoms. The molecule has 1 rings (SSSR count). The lowest BCUT2D eigenvalue weighted by Crippen LogP contribution is -2.30. The van der Waals surface area contributed by atoms with Crippen LogP contribution in [0.4, 0.5) is 5.69 Å². The summed E-state index contributed by atoms with van der Waals surface area (Å²) in [5.41, 5.74) is 8.77. The predicted octanol–water partition coefficient (Wildman–Crippen LogP) is 0.131. The van der Waals surface area contributed by atoms with Crippen molar-refractivity contribution in [1.82, 2.24) is 0 Å². The van der Waals surface area contributed by atoms with Gasteiger partial charge in [0.2, 0.25) is 0 Å². The first-order valence-electron chi connectivity index (χ1n) is 7.01. The fourth-order valence-electron chi connectivity index (χ4n) is 2.26. The number of rotatable bonds is 9. The summed E-state index contributed by atoms with van der Waals surface area (Å²) < 4.78 is 0. The summed E-state index contributed by atoms with van der Waals surface area (Å²) >= 11 is 0. The monoisotopic (exact) mass is 296 g/mol. The molecule has 0 fully saturated rings. The van der Waals surface area contributed by atoms with Gasteiger partial charge in [-0.05, 0) is 36.6 Å².